The number of hydrogen-bond acceptors (Lipinski definition) is 3. The summed E-state index contributed by atoms with van der Waals surface area (Å²) in [7, 11) is 1.56. The number of aliphatic carboxylic acids is 1. The first kappa shape index (κ1) is 15.0. The third-order valence-electron chi connectivity index (χ3n) is 3.18. The van der Waals surface area contributed by atoms with Gasteiger partial charge in [0.1, 0.15) is 0 Å². The maximum atomic E-state index is 12.4. The molecule has 2 rings (SSSR count). The molecule has 0 saturated carbocycles. The van der Waals surface area contributed by atoms with Crippen molar-refractivity contribution in [2.75, 3.05) is 13.7 Å². The van der Waals surface area contributed by atoms with Gasteiger partial charge in [-0.1, -0.05) is 36.4 Å². The molecule has 0 fully saturated rings. The number of methoxy groups -OCH3 is 1. The second-order valence-electron chi connectivity index (χ2n) is 4.63. The van der Waals surface area contributed by atoms with E-state index < -0.39 is 5.97 Å². The molecule has 0 bridgehead atoms. The highest BCUT2D eigenvalue weighted by Crippen LogP contribution is 2.18. The van der Waals surface area contributed by atoms with E-state index in [1.165, 1.54) is 0 Å². The van der Waals surface area contributed by atoms with Gasteiger partial charge in [-0.15, -0.1) is 0 Å². The Morgan fingerprint density at radius 1 is 1.19 bits per heavy atom. The summed E-state index contributed by atoms with van der Waals surface area (Å²) in [5, 5.41) is 8.87. The predicted molar refractivity (Wildman–Crippen MR) is 79.4 cm³/mol. The van der Waals surface area contributed by atoms with E-state index in [0.717, 1.165) is 11.3 Å². The lowest BCUT2D eigenvalue weighted by atomic mass is 10.1. The monoisotopic (exact) mass is 287 g/mol. The fourth-order valence-electron chi connectivity index (χ4n) is 2.19. The Bertz CT molecular complexity index is 676. The van der Waals surface area contributed by atoms with Gasteiger partial charge in [0.15, 0.2) is 0 Å². The highest BCUT2D eigenvalue weighted by Gasteiger charge is 2.12. The summed E-state index contributed by atoms with van der Waals surface area (Å²) in [4.78, 5) is 23.3. The van der Waals surface area contributed by atoms with E-state index in [9.17, 15) is 9.59 Å². The lowest BCUT2D eigenvalue weighted by Crippen LogP contribution is -2.28. The molecule has 5 heteroatoms. The van der Waals surface area contributed by atoms with Crippen molar-refractivity contribution in [1.82, 2.24) is 4.57 Å². The van der Waals surface area contributed by atoms with Crippen LogP contribution < -0.4 is 5.56 Å². The van der Waals surface area contributed by atoms with Gasteiger partial charge in [-0.05, 0) is 11.6 Å². The van der Waals surface area contributed by atoms with Crippen LogP contribution in [0.1, 0.15) is 5.56 Å². The molecule has 0 saturated heterocycles. The topological polar surface area (TPSA) is 68.5 Å². The quantitative estimate of drug-likeness (QED) is 0.879. The molecule has 0 unspecified atom stereocenters. The second kappa shape index (κ2) is 6.85. The molecule has 1 N–H and O–H groups in total. The highest BCUT2D eigenvalue weighted by molar-refractivity contribution is 5.70. The van der Waals surface area contributed by atoms with Crippen LogP contribution in [-0.2, 0) is 22.5 Å². The standard InChI is InChI=1S/C16H17NO4/c1-21-10-9-17-14(12-5-3-2-4-6-12)8-7-13(16(17)20)11-15(18)19/h2-8H,9-11H2,1H3,(H,18,19). The number of aromatic nitrogens is 1. The molecule has 21 heavy (non-hydrogen) atoms. The van der Waals surface area contributed by atoms with Crippen molar-refractivity contribution in [3.05, 3.63) is 58.4 Å². The number of benzene rings is 1. The van der Waals surface area contributed by atoms with Crippen LogP contribution in [0, 0.1) is 0 Å². The molecule has 0 atom stereocenters. The Morgan fingerprint density at radius 2 is 1.90 bits per heavy atom. The first-order chi connectivity index (χ1) is 10.1. The molecule has 2 aromatic rings. The number of carboxylic acids is 1. The lowest BCUT2D eigenvalue weighted by Gasteiger charge is -2.14. The predicted octanol–water partition coefficient (Wildman–Crippen LogP) is 1.79. The maximum absolute atomic E-state index is 12.4. The molecule has 0 radical (unpaired) electrons. The van der Waals surface area contributed by atoms with Crippen molar-refractivity contribution < 1.29 is 14.6 Å². The zero-order valence-corrected chi connectivity index (χ0v) is 11.8. The van der Waals surface area contributed by atoms with Crippen molar-refractivity contribution in [2.24, 2.45) is 0 Å². The molecule has 1 heterocycles. The number of pyridine rings is 1. The minimum Gasteiger partial charge on any atom is -0.481 e. The summed E-state index contributed by atoms with van der Waals surface area (Å²) < 4.78 is 6.60. The molecule has 1 aromatic carbocycles. The second-order valence-corrected chi connectivity index (χ2v) is 4.63. The van der Waals surface area contributed by atoms with Crippen LogP contribution in [0.2, 0.25) is 0 Å². The van der Waals surface area contributed by atoms with Crippen LogP contribution in [0.15, 0.2) is 47.3 Å². The van der Waals surface area contributed by atoms with Gasteiger partial charge in [0.2, 0.25) is 0 Å². The third kappa shape index (κ3) is 3.58. The number of ether oxygens (including phenoxy) is 1. The van der Waals surface area contributed by atoms with E-state index in [0.29, 0.717) is 13.2 Å². The van der Waals surface area contributed by atoms with E-state index >= 15 is 0 Å². The summed E-state index contributed by atoms with van der Waals surface area (Å²) in [6, 6.07) is 12.9. The number of carbonyl (C=O) groups is 1. The summed E-state index contributed by atoms with van der Waals surface area (Å²) in [6.07, 6.45) is -0.277. The molecule has 0 amide bonds. The van der Waals surface area contributed by atoms with Gasteiger partial charge in [0.05, 0.1) is 18.7 Å². The Morgan fingerprint density at radius 3 is 2.52 bits per heavy atom. The van der Waals surface area contributed by atoms with Gasteiger partial charge in [0, 0.05) is 19.2 Å². The molecule has 0 aliphatic heterocycles. The summed E-state index contributed by atoms with van der Waals surface area (Å²) in [5.74, 6) is -1.02. The van der Waals surface area contributed by atoms with Crippen molar-refractivity contribution in [3.8, 4) is 11.3 Å². The zero-order chi connectivity index (χ0) is 15.2. The van der Waals surface area contributed by atoms with Crippen LogP contribution in [0.3, 0.4) is 0 Å². The summed E-state index contributed by atoms with van der Waals surface area (Å²) in [5.41, 5.74) is 1.66. The molecular formula is C16H17NO4. The molecule has 0 spiro atoms. The van der Waals surface area contributed by atoms with Crippen LogP contribution >= 0.6 is 0 Å². The van der Waals surface area contributed by atoms with Crippen molar-refractivity contribution in [3.63, 3.8) is 0 Å². The van der Waals surface area contributed by atoms with Crippen LogP contribution in [0.4, 0.5) is 0 Å². The molecule has 110 valence electrons. The Kier molecular flexibility index (Phi) is 4.90. The summed E-state index contributed by atoms with van der Waals surface area (Å²) in [6.45, 7) is 0.767. The van der Waals surface area contributed by atoms with Crippen LogP contribution in [0.25, 0.3) is 11.3 Å². The third-order valence-corrected chi connectivity index (χ3v) is 3.18. The zero-order valence-electron chi connectivity index (χ0n) is 11.8. The van der Waals surface area contributed by atoms with Crippen LogP contribution in [0.5, 0.6) is 0 Å². The molecular weight excluding hydrogens is 270 g/mol. The number of carboxylic acid groups (broad SMARTS) is 1. The lowest BCUT2D eigenvalue weighted by molar-refractivity contribution is -0.136. The summed E-state index contributed by atoms with van der Waals surface area (Å²) >= 11 is 0. The van der Waals surface area contributed by atoms with Gasteiger partial charge >= 0.3 is 5.97 Å². The molecule has 5 nitrogen and oxygen atoms in total. The Balaban J connectivity index is 2.52. The minimum absolute atomic E-state index is 0.276. The average molecular weight is 287 g/mol. The van der Waals surface area contributed by atoms with E-state index in [4.69, 9.17) is 9.84 Å². The number of hydrogen-bond donors (Lipinski definition) is 1. The van der Waals surface area contributed by atoms with Crippen molar-refractivity contribution in [2.45, 2.75) is 13.0 Å². The minimum atomic E-state index is -1.02. The van der Waals surface area contributed by atoms with Crippen molar-refractivity contribution >= 4 is 5.97 Å². The fraction of sp³-hybridized carbons (Fsp3) is 0.250. The average Bonchev–Trinajstić information content (AvgIpc) is 2.48. The fourth-order valence-corrected chi connectivity index (χ4v) is 2.19. The smallest absolute Gasteiger partial charge is 0.308 e. The maximum Gasteiger partial charge on any atom is 0.308 e. The van der Waals surface area contributed by atoms with E-state index in [1.54, 1.807) is 23.8 Å². The molecule has 1 aromatic heterocycles. The van der Waals surface area contributed by atoms with Crippen LogP contribution in [-0.4, -0.2) is 29.4 Å². The molecule has 0 aliphatic carbocycles. The van der Waals surface area contributed by atoms with Gasteiger partial charge in [-0.25, -0.2) is 0 Å². The van der Waals surface area contributed by atoms with Gasteiger partial charge < -0.3 is 14.4 Å². The number of rotatable bonds is 6. The largest absolute Gasteiger partial charge is 0.481 e. The normalized spacial score (nSPS) is 10.5. The SMILES string of the molecule is COCCn1c(-c2ccccc2)ccc(CC(=O)O)c1=O. The van der Waals surface area contributed by atoms with Crippen molar-refractivity contribution in [1.29, 1.82) is 0 Å². The van der Waals surface area contributed by atoms with E-state index in [1.807, 2.05) is 30.3 Å². The Hall–Kier alpha value is -2.40. The Labute approximate surface area is 122 Å². The number of nitrogens with zero attached hydrogens (tertiary/aromatic N) is 1. The van der Waals surface area contributed by atoms with Gasteiger partial charge in [-0.2, -0.15) is 0 Å². The van der Waals surface area contributed by atoms with E-state index in [-0.39, 0.29) is 17.5 Å². The molecule has 0 aliphatic rings. The first-order valence-corrected chi connectivity index (χ1v) is 6.62. The van der Waals surface area contributed by atoms with E-state index in [2.05, 4.69) is 0 Å². The highest BCUT2D eigenvalue weighted by atomic mass is 16.5. The van der Waals surface area contributed by atoms with Gasteiger partial charge in [0.25, 0.3) is 5.56 Å². The first-order valence-electron chi connectivity index (χ1n) is 6.62. The van der Waals surface area contributed by atoms with Gasteiger partial charge in [-0.3, -0.25) is 9.59 Å².